The van der Waals surface area contributed by atoms with Crippen molar-refractivity contribution >= 4 is 39.3 Å². The summed E-state index contributed by atoms with van der Waals surface area (Å²) in [5, 5.41) is 3.79. The first-order chi connectivity index (χ1) is 16.3. The maximum atomic E-state index is 12.7. The molecule has 4 rings (SSSR count). The number of nitrogens with one attached hydrogen (secondary N) is 2. The van der Waals surface area contributed by atoms with E-state index in [1.165, 1.54) is 16.4 Å². The summed E-state index contributed by atoms with van der Waals surface area (Å²) in [6.07, 6.45) is 1.99. The molecule has 1 aromatic carbocycles. The van der Waals surface area contributed by atoms with Gasteiger partial charge in [-0.1, -0.05) is 6.07 Å². The van der Waals surface area contributed by atoms with E-state index in [0.29, 0.717) is 37.4 Å². The number of pyridine rings is 1. The molecule has 11 nitrogen and oxygen atoms in total. The normalized spacial score (nSPS) is 17.4. The predicted octanol–water partition coefficient (Wildman–Crippen LogP) is 0.121. The lowest BCUT2D eigenvalue weighted by atomic mass is 10.1. The van der Waals surface area contributed by atoms with Crippen LogP contribution in [0.4, 0.5) is 11.5 Å². The Balaban J connectivity index is 1.25. The van der Waals surface area contributed by atoms with Crippen molar-refractivity contribution in [1.29, 1.82) is 0 Å². The lowest BCUT2D eigenvalue weighted by Gasteiger charge is -2.34. The molecule has 0 saturated carbocycles. The van der Waals surface area contributed by atoms with Crippen LogP contribution in [0.5, 0.6) is 0 Å². The first-order valence-electron chi connectivity index (χ1n) is 11.0. The van der Waals surface area contributed by atoms with E-state index in [1.807, 2.05) is 23.1 Å². The van der Waals surface area contributed by atoms with Crippen molar-refractivity contribution in [2.24, 2.45) is 0 Å². The summed E-state index contributed by atoms with van der Waals surface area (Å²) in [5.74, 6) is -0.279. The fourth-order valence-electron chi connectivity index (χ4n) is 3.81. The molecule has 3 heterocycles. The maximum Gasteiger partial charge on any atom is 0.251 e. The number of rotatable bonds is 7. The van der Waals surface area contributed by atoms with Gasteiger partial charge in [0.1, 0.15) is 5.82 Å². The monoisotopic (exact) mass is 486 g/mol. The summed E-state index contributed by atoms with van der Waals surface area (Å²) in [6.45, 7) is 1.80. The van der Waals surface area contributed by atoms with Gasteiger partial charge in [0.05, 0.1) is 11.4 Å². The van der Waals surface area contributed by atoms with Crippen LogP contribution < -0.4 is 20.7 Å². The number of hydrogen-bond donors (Lipinski definition) is 2. The second kappa shape index (κ2) is 10.2. The predicted molar refractivity (Wildman–Crippen MR) is 125 cm³/mol. The van der Waals surface area contributed by atoms with Gasteiger partial charge in [-0.2, -0.15) is 4.31 Å². The van der Waals surface area contributed by atoms with E-state index in [4.69, 9.17) is 0 Å². The Kier molecular flexibility index (Phi) is 7.08. The van der Waals surface area contributed by atoms with Crippen molar-refractivity contribution in [3.63, 3.8) is 0 Å². The molecule has 34 heavy (non-hydrogen) atoms. The Bertz CT molecular complexity index is 1150. The standard InChI is InChI=1S/C22H26N6O5S/c29-20-8-9-21(30)28(25-20)18-6-4-17(5-7-18)22(31)24-11-16-34(32,33)27-14-12-26(13-15-27)19-3-1-2-10-23-19/h1-7,10H,8-9,11-16H2,(H,24,31)(H,25,29). The molecule has 2 aromatic rings. The lowest BCUT2D eigenvalue weighted by molar-refractivity contribution is -0.130. The number of carbonyl (C=O) groups excluding carboxylic acids is 3. The number of nitrogens with zero attached hydrogens (tertiary/aromatic N) is 4. The highest BCUT2D eigenvalue weighted by Crippen LogP contribution is 2.18. The van der Waals surface area contributed by atoms with Crippen molar-refractivity contribution < 1.29 is 22.8 Å². The summed E-state index contributed by atoms with van der Waals surface area (Å²) in [7, 11) is -3.51. The van der Waals surface area contributed by atoms with Crippen LogP contribution in [-0.4, -0.2) is 73.9 Å². The molecule has 2 fully saturated rings. The number of hydrogen-bond acceptors (Lipinski definition) is 7. The van der Waals surface area contributed by atoms with Gasteiger partial charge < -0.3 is 10.2 Å². The van der Waals surface area contributed by atoms with Crippen LogP contribution in [0, 0.1) is 0 Å². The van der Waals surface area contributed by atoms with Gasteiger partial charge in [-0.25, -0.2) is 18.4 Å². The van der Waals surface area contributed by atoms with Gasteiger partial charge in [0.15, 0.2) is 0 Å². The zero-order valence-corrected chi connectivity index (χ0v) is 19.3. The summed E-state index contributed by atoms with van der Waals surface area (Å²) >= 11 is 0. The smallest absolute Gasteiger partial charge is 0.251 e. The molecule has 0 bridgehead atoms. The van der Waals surface area contributed by atoms with Crippen molar-refractivity contribution in [3.05, 3.63) is 54.2 Å². The molecule has 12 heteroatoms. The van der Waals surface area contributed by atoms with Crippen molar-refractivity contribution in [1.82, 2.24) is 20.0 Å². The van der Waals surface area contributed by atoms with Crippen molar-refractivity contribution in [3.8, 4) is 0 Å². The van der Waals surface area contributed by atoms with Gasteiger partial charge in [0, 0.05) is 57.3 Å². The molecule has 0 radical (unpaired) electrons. The van der Waals surface area contributed by atoms with E-state index in [-0.39, 0.29) is 37.0 Å². The molecule has 0 atom stereocenters. The molecule has 180 valence electrons. The number of sulfonamides is 1. The van der Waals surface area contributed by atoms with Crippen LogP contribution in [0.1, 0.15) is 23.2 Å². The van der Waals surface area contributed by atoms with E-state index in [2.05, 4.69) is 15.7 Å². The topological polar surface area (TPSA) is 132 Å². The fraction of sp³-hybridized carbons (Fsp3) is 0.364. The quantitative estimate of drug-likeness (QED) is 0.568. The number of carbonyl (C=O) groups is 3. The molecule has 1 aromatic heterocycles. The van der Waals surface area contributed by atoms with Crippen LogP contribution >= 0.6 is 0 Å². The molecule has 2 N–H and O–H groups in total. The average Bonchev–Trinajstić information content (AvgIpc) is 2.86. The summed E-state index contributed by atoms with van der Waals surface area (Å²) < 4.78 is 26.8. The van der Waals surface area contributed by atoms with Gasteiger partial charge in [-0.3, -0.25) is 19.8 Å². The van der Waals surface area contributed by atoms with E-state index in [9.17, 15) is 22.8 Å². The van der Waals surface area contributed by atoms with Gasteiger partial charge in [-0.15, -0.1) is 0 Å². The van der Waals surface area contributed by atoms with Gasteiger partial charge in [0.25, 0.3) is 5.91 Å². The van der Waals surface area contributed by atoms with Crippen molar-refractivity contribution in [2.45, 2.75) is 12.8 Å². The van der Waals surface area contributed by atoms with E-state index >= 15 is 0 Å². The molecule has 0 spiro atoms. The second-order valence-corrected chi connectivity index (χ2v) is 10.0. The van der Waals surface area contributed by atoms with Gasteiger partial charge >= 0.3 is 0 Å². The molecule has 2 aliphatic rings. The minimum atomic E-state index is -3.51. The molecular formula is C22H26N6O5S. The van der Waals surface area contributed by atoms with Crippen LogP contribution in [0.3, 0.4) is 0 Å². The average molecular weight is 487 g/mol. The van der Waals surface area contributed by atoms with Crippen molar-refractivity contribution in [2.75, 3.05) is 48.4 Å². The number of benzene rings is 1. The highest BCUT2D eigenvalue weighted by Gasteiger charge is 2.27. The third kappa shape index (κ3) is 5.51. The summed E-state index contributed by atoms with van der Waals surface area (Å²) in [5.41, 5.74) is 3.26. The molecule has 0 aliphatic carbocycles. The summed E-state index contributed by atoms with van der Waals surface area (Å²) in [6, 6.07) is 11.8. The minimum Gasteiger partial charge on any atom is -0.354 e. The van der Waals surface area contributed by atoms with E-state index in [1.54, 1.807) is 18.3 Å². The molecule has 2 saturated heterocycles. The third-order valence-electron chi connectivity index (χ3n) is 5.69. The fourth-order valence-corrected chi connectivity index (χ4v) is 5.14. The first kappa shape index (κ1) is 23.6. The zero-order chi connectivity index (χ0) is 24.1. The number of amides is 3. The van der Waals surface area contributed by atoms with Crippen LogP contribution in [0.25, 0.3) is 0 Å². The maximum absolute atomic E-state index is 12.7. The number of aromatic nitrogens is 1. The minimum absolute atomic E-state index is 0.0238. The highest BCUT2D eigenvalue weighted by atomic mass is 32.2. The molecule has 2 aliphatic heterocycles. The van der Waals surface area contributed by atoms with Crippen LogP contribution in [0.2, 0.25) is 0 Å². The largest absolute Gasteiger partial charge is 0.354 e. The van der Waals surface area contributed by atoms with Crippen LogP contribution in [0.15, 0.2) is 48.7 Å². The molecule has 0 unspecified atom stereocenters. The Morgan fingerprint density at radius 3 is 2.41 bits per heavy atom. The van der Waals surface area contributed by atoms with Crippen LogP contribution in [-0.2, 0) is 19.6 Å². The van der Waals surface area contributed by atoms with Gasteiger partial charge in [-0.05, 0) is 36.4 Å². The van der Waals surface area contributed by atoms with Gasteiger partial charge in [0.2, 0.25) is 21.8 Å². The SMILES string of the molecule is O=C1CCC(=O)N(c2ccc(C(=O)NCCS(=O)(=O)N3CCN(c4ccccn4)CC3)cc2)N1. The lowest BCUT2D eigenvalue weighted by Crippen LogP contribution is -2.50. The van der Waals surface area contributed by atoms with E-state index in [0.717, 1.165) is 10.8 Å². The molecular weight excluding hydrogens is 460 g/mol. The number of piperazine rings is 1. The Morgan fingerprint density at radius 2 is 1.74 bits per heavy atom. The summed E-state index contributed by atoms with van der Waals surface area (Å²) in [4.78, 5) is 42.3. The number of hydrazine groups is 1. The highest BCUT2D eigenvalue weighted by molar-refractivity contribution is 7.89. The Morgan fingerprint density at radius 1 is 1.00 bits per heavy atom. The first-order valence-corrected chi connectivity index (χ1v) is 12.6. The molecule has 3 amide bonds. The Hall–Kier alpha value is -3.51. The third-order valence-corrected chi connectivity index (χ3v) is 7.56. The Labute approximate surface area is 197 Å². The second-order valence-electron chi connectivity index (χ2n) is 7.96. The number of anilines is 2. The van der Waals surface area contributed by atoms with E-state index < -0.39 is 15.9 Å². The zero-order valence-electron chi connectivity index (χ0n) is 18.5.